The number of halogens is 1. The number of ether oxygens (including phenoxy) is 1. The number of carbonyl (C=O) groups excluding carboxylic acids is 1. The second-order valence-electron chi connectivity index (χ2n) is 7.71. The Morgan fingerprint density at radius 2 is 1.72 bits per heavy atom. The summed E-state index contributed by atoms with van der Waals surface area (Å²) in [7, 11) is 0. The minimum absolute atomic E-state index is 0.0732. The van der Waals surface area contributed by atoms with Crippen LogP contribution in [-0.2, 0) is 11.2 Å². The molecule has 0 aliphatic heterocycles. The zero-order chi connectivity index (χ0) is 22.5. The summed E-state index contributed by atoms with van der Waals surface area (Å²) >= 11 is 3.38. The molecule has 0 aliphatic carbocycles. The average Bonchev–Trinajstić information content (AvgIpc) is 3.20. The number of aromatic nitrogens is 3. The summed E-state index contributed by atoms with van der Waals surface area (Å²) < 4.78 is 6.51. The van der Waals surface area contributed by atoms with Gasteiger partial charge in [0.2, 0.25) is 0 Å². The summed E-state index contributed by atoms with van der Waals surface area (Å²) in [5.41, 5.74) is 5.34. The minimum atomic E-state index is -0.231. The number of fused-ring (bicyclic) bond motifs is 1. The predicted molar refractivity (Wildman–Crippen MR) is 130 cm³/mol. The summed E-state index contributed by atoms with van der Waals surface area (Å²) in [6.45, 7) is 4.06. The van der Waals surface area contributed by atoms with Gasteiger partial charge in [0, 0.05) is 10.2 Å². The van der Waals surface area contributed by atoms with E-state index in [-0.39, 0.29) is 12.5 Å². The van der Waals surface area contributed by atoms with Gasteiger partial charge >= 0.3 is 0 Å². The first-order valence-corrected chi connectivity index (χ1v) is 11.5. The number of benzene rings is 3. The lowest BCUT2D eigenvalue weighted by Crippen LogP contribution is -2.20. The van der Waals surface area contributed by atoms with E-state index in [4.69, 9.17) is 4.74 Å². The molecule has 7 heteroatoms. The maximum atomic E-state index is 12.4. The van der Waals surface area contributed by atoms with E-state index in [1.165, 1.54) is 18.4 Å². The zero-order valence-electron chi connectivity index (χ0n) is 18.1. The van der Waals surface area contributed by atoms with Gasteiger partial charge < -0.3 is 10.1 Å². The molecule has 1 amide bonds. The largest absolute Gasteiger partial charge is 0.484 e. The van der Waals surface area contributed by atoms with Gasteiger partial charge in [-0.2, -0.15) is 4.80 Å². The minimum Gasteiger partial charge on any atom is -0.484 e. The molecule has 0 atom stereocenters. The molecule has 4 aromatic rings. The SMILES string of the molecule is CCCCc1ccc(-n2nc3cc(C)c(NC(=O)COc4ccc(Br)cc4)cc3n2)cc1. The molecule has 164 valence electrons. The number of rotatable bonds is 8. The van der Waals surface area contributed by atoms with Crippen molar-refractivity contribution in [3.8, 4) is 11.4 Å². The molecule has 1 heterocycles. The maximum absolute atomic E-state index is 12.4. The van der Waals surface area contributed by atoms with Crippen molar-refractivity contribution in [1.82, 2.24) is 15.0 Å². The van der Waals surface area contributed by atoms with E-state index >= 15 is 0 Å². The molecule has 4 rings (SSSR count). The fourth-order valence-corrected chi connectivity index (χ4v) is 3.63. The maximum Gasteiger partial charge on any atom is 0.262 e. The van der Waals surface area contributed by atoms with Gasteiger partial charge in [-0.05, 0) is 79.4 Å². The molecule has 0 fully saturated rings. The second kappa shape index (κ2) is 9.96. The van der Waals surface area contributed by atoms with Gasteiger partial charge in [0.05, 0.1) is 5.69 Å². The Morgan fingerprint density at radius 1 is 1.03 bits per heavy atom. The van der Waals surface area contributed by atoms with Crippen molar-refractivity contribution in [1.29, 1.82) is 0 Å². The molecular formula is C25H25BrN4O2. The molecule has 0 spiro atoms. The van der Waals surface area contributed by atoms with Crippen LogP contribution in [0.25, 0.3) is 16.7 Å². The van der Waals surface area contributed by atoms with Gasteiger partial charge in [-0.15, -0.1) is 10.2 Å². The van der Waals surface area contributed by atoms with Crippen molar-refractivity contribution in [2.75, 3.05) is 11.9 Å². The van der Waals surface area contributed by atoms with Crippen LogP contribution in [0.3, 0.4) is 0 Å². The van der Waals surface area contributed by atoms with Crippen LogP contribution in [0.4, 0.5) is 5.69 Å². The van der Waals surface area contributed by atoms with E-state index in [2.05, 4.69) is 50.5 Å². The van der Waals surface area contributed by atoms with Gasteiger partial charge in [-0.1, -0.05) is 41.4 Å². The van der Waals surface area contributed by atoms with Crippen molar-refractivity contribution < 1.29 is 9.53 Å². The third-order valence-electron chi connectivity index (χ3n) is 5.17. The Hall–Kier alpha value is -3.19. The molecule has 1 aromatic heterocycles. The van der Waals surface area contributed by atoms with Gasteiger partial charge in [-0.3, -0.25) is 4.79 Å². The van der Waals surface area contributed by atoms with Gasteiger partial charge in [0.1, 0.15) is 16.8 Å². The Bertz CT molecular complexity index is 1220. The molecule has 1 N–H and O–H groups in total. The second-order valence-corrected chi connectivity index (χ2v) is 8.62. The van der Waals surface area contributed by atoms with Gasteiger partial charge in [0.25, 0.3) is 5.91 Å². The normalized spacial score (nSPS) is 11.0. The van der Waals surface area contributed by atoms with Crippen LogP contribution in [0, 0.1) is 6.92 Å². The van der Waals surface area contributed by atoms with Crippen LogP contribution in [0.2, 0.25) is 0 Å². The molecule has 0 radical (unpaired) electrons. The fraction of sp³-hybridized carbons (Fsp3) is 0.240. The summed E-state index contributed by atoms with van der Waals surface area (Å²) in [6.07, 6.45) is 3.45. The lowest BCUT2D eigenvalue weighted by molar-refractivity contribution is -0.118. The van der Waals surface area contributed by atoms with Gasteiger partial charge in [-0.25, -0.2) is 0 Å². The monoisotopic (exact) mass is 492 g/mol. The van der Waals surface area contributed by atoms with E-state index in [1.54, 1.807) is 4.80 Å². The highest BCUT2D eigenvalue weighted by atomic mass is 79.9. The van der Waals surface area contributed by atoms with E-state index in [1.807, 2.05) is 55.5 Å². The van der Waals surface area contributed by atoms with E-state index in [0.29, 0.717) is 11.4 Å². The molecule has 0 bridgehead atoms. The lowest BCUT2D eigenvalue weighted by atomic mass is 10.1. The summed E-state index contributed by atoms with van der Waals surface area (Å²) in [5.74, 6) is 0.407. The first kappa shape index (κ1) is 22.0. The topological polar surface area (TPSA) is 69.0 Å². The molecule has 32 heavy (non-hydrogen) atoms. The van der Waals surface area contributed by atoms with E-state index < -0.39 is 0 Å². The van der Waals surface area contributed by atoms with Gasteiger partial charge in [0.15, 0.2) is 6.61 Å². The number of amides is 1. The van der Waals surface area contributed by atoms with Crippen molar-refractivity contribution >= 4 is 38.6 Å². The Labute approximate surface area is 195 Å². The van der Waals surface area contributed by atoms with Crippen LogP contribution in [0.1, 0.15) is 30.9 Å². The molecule has 0 aliphatic rings. The molecule has 0 unspecified atom stereocenters. The standard InChI is InChI=1S/C25H25BrN4O2/c1-3-4-5-18-6-10-20(11-7-18)30-28-23-14-17(2)22(15-24(23)29-30)27-25(31)16-32-21-12-8-19(26)9-13-21/h6-15H,3-5,16H2,1-2H3,(H,27,31). The highest BCUT2D eigenvalue weighted by molar-refractivity contribution is 9.10. The van der Waals surface area contributed by atoms with Crippen LogP contribution >= 0.6 is 15.9 Å². The Kier molecular flexibility index (Phi) is 6.85. The number of anilines is 1. The smallest absolute Gasteiger partial charge is 0.262 e. The first-order valence-electron chi connectivity index (χ1n) is 10.7. The van der Waals surface area contributed by atoms with Crippen molar-refractivity contribution in [2.24, 2.45) is 0 Å². The van der Waals surface area contributed by atoms with Crippen molar-refractivity contribution in [3.63, 3.8) is 0 Å². The van der Waals surface area contributed by atoms with Crippen LogP contribution in [0.15, 0.2) is 65.1 Å². The number of carbonyl (C=O) groups is 1. The molecule has 3 aromatic carbocycles. The quantitative estimate of drug-likeness (QED) is 0.334. The van der Waals surface area contributed by atoms with E-state index in [9.17, 15) is 4.79 Å². The molecule has 6 nitrogen and oxygen atoms in total. The Morgan fingerprint density at radius 3 is 2.41 bits per heavy atom. The number of hydrogen-bond donors (Lipinski definition) is 1. The number of aryl methyl sites for hydroxylation is 2. The Balaban J connectivity index is 1.46. The van der Waals surface area contributed by atoms with Crippen molar-refractivity contribution in [2.45, 2.75) is 33.1 Å². The lowest BCUT2D eigenvalue weighted by Gasteiger charge is -2.09. The average molecular weight is 493 g/mol. The highest BCUT2D eigenvalue weighted by Crippen LogP contribution is 2.23. The zero-order valence-corrected chi connectivity index (χ0v) is 19.7. The van der Waals surface area contributed by atoms with Crippen molar-refractivity contribution in [3.05, 3.63) is 76.3 Å². The first-order chi connectivity index (χ1) is 15.5. The third kappa shape index (κ3) is 5.34. The predicted octanol–water partition coefficient (Wildman–Crippen LogP) is 5.85. The number of hydrogen-bond acceptors (Lipinski definition) is 4. The fourth-order valence-electron chi connectivity index (χ4n) is 3.36. The summed E-state index contributed by atoms with van der Waals surface area (Å²) in [5, 5.41) is 12.1. The molecule has 0 saturated heterocycles. The highest BCUT2D eigenvalue weighted by Gasteiger charge is 2.11. The molecule has 0 saturated carbocycles. The van der Waals surface area contributed by atoms with Crippen LogP contribution in [0.5, 0.6) is 5.75 Å². The summed E-state index contributed by atoms with van der Waals surface area (Å²) in [6, 6.07) is 19.5. The summed E-state index contributed by atoms with van der Waals surface area (Å²) in [4.78, 5) is 14.0. The van der Waals surface area contributed by atoms with E-state index in [0.717, 1.165) is 33.2 Å². The van der Waals surface area contributed by atoms with Crippen LogP contribution in [-0.4, -0.2) is 27.5 Å². The van der Waals surface area contributed by atoms with Crippen LogP contribution < -0.4 is 10.1 Å². The number of nitrogens with zero attached hydrogens (tertiary/aromatic N) is 3. The molecular weight excluding hydrogens is 468 g/mol. The third-order valence-corrected chi connectivity index (χ3v) is 5.70. The number of unbranched alkanes of at least 4 members (excludes halogenated alkanes) is 1. The number of nitrogens with one attached hydrogen (secondary N) is 1.